The van der Waals surface area contributed by atoms with Gasteiger partial charge in [-0.3, -0.25) is 14.6 Å². The maximum atomic E-state index is 14.6. The lowest BCUT2D eigenvalue weighted by Gasteiger charge is -2.32. The number of aliphatic hydroxyl groups excluding tert-OH is 1. The van der Waals surface area contributed by atoms with Crippen LogP contribution in [0.3, 0.4) is 0 Å². The first kappa shape index (κ1) is 21.0. The summed E-state index contributed by atoms with van der Waals surface area (Å²) in [5.41, 5.74) is 1.57. The fourth-order valence-corrected chi connectivity index (χ4v) is 3.73. The van der Waals surface area contributed by atoms with Crippen molar-refractivity contribution in [2.24, 2.45) is 5.10 Å². The molecule has 2 aromatic rings. The molecule has 1 aliphatic rings. The van der Waals surface area contributed by atoms with E-state index in [2.05, 4.69) is 5.10 Å². The molecule has 1 N–H and O–H groups in total. The van der Waals surface area contributed by atoms with Crippen molar-refractivity contribution >= 4 is 17.3 Å². The van der Waals surface area contributed by atoms with E-state index < -0.39 is 17.1 Å². The highest BCUT2D eigenvalue weighted by molar-refractivity contribution is 6.43. The van der Waals surface area contributed by atoms with Crippen molar-refractivity contribution < 1.29 is 19.1 Å². The second kappa shape index (κ2) is 8.71. The average Bonchev–Trinajstić information content (AvgIpc) is 3.14. The molecule has 0 bridgehead atoms. The Balaban J connectivity index is 2.16. The first-order chi connectivity index (χ1) is 13.9. The number of hydrazone groups is 1. The number of aryl methyl sites for hydroxylation is 1. The Morgan fingerprint density at radius 1 is 1.31 bits per heavy atom. The molecule has 0 spiro atoms. The Hall–Kier alpha value is -2.77. The third-order valence-electron chi connectivity index (χ3n) is 5.32. The van der Waals surface area contributed by atoms with Gasteiger partial charge in [0, 0.05) is 13.7 Å². The first-order valence-electron chi connectivity index (χ1n) is 9.54. The van der Waals surface area contributed by atoms with Crippen LogP contribution in [0, 0.1) is 12.7 Å². The number of hydrogen-bond acceptors (Lipinski definition) is 5. The topological polar surface area (TPSA) is 65.4 Å². The van der Waals surface area contributed by atoms with E-state index >= 15 is 0 Å². The molecule has 0 saturated heterocycles. The molecule has 29 heavy (non-hydrogen) atoms. The second-order valence-electron chi connectivity index (χ2n) is 7.22. The van der Waals surface area contributed by atoms with Gasteiger partial charge in [0.1, 0.15) is 11.5 Å². The largest absolute Gasteiger partial charge is 0.396 e. The third-order valence-corrected chi connectivity index (χ3v) is 5.32. The number of hydrogen-bond donors (Lipinski definition) is 1. The molecule has 1 unspecified atom stereocenters. The smallest absolute Gasteiger partial charge is 0.294 e. The number of aliphatic hydroxyl groups is 1. The zero-order valence-corrected chi connectivity index (χ0v) is 16.9. The van der Waals surface area contributed by atoms with Crippen LogP contribution in [0.25, 0.3) is 0 Å². The minimum Gasteiger partial charge on any atom is -0.396 e. The third kappa shape index (κ3) is 4.02. The van der Waals surface area contributed by atoms with Crippen molar-refractivity contribution in [1.29, 1.82) is 0 Å². The fourth-order valence-electron chi connectivity index (χ4n) is 3.73. The number of hydroxylamine groups is 2. The summed E-state index contributed by atoms with van der Waals surface area (Å²) in [6.07, 6.45) is 0.960. The zero-order chi connectivity index (χ0) is 21.0. The Morgan fingerprint density at radius 3 is 2.69 bits per heavy atom. The summed E-state index contributed by atoms with van der Waals surface area (Å²) in [6.45, 7) is 2.15. The molecule has 6 nitrogen and oxygen atoms in total. The molecule has 1 amide bonds. The van der Waals surface area contributed by atoms with Gasteiger partial charge in [0.05, 0.1) is 24.8 Å². The quantitative estimate of drug-likeness (QED) is 0.727. The molecule has 0 radical (unpaired) electrons. The molecule has 154 valence electrons. The lowest BCUT2D eigenvalue weighted by atomic mass is 9.73. The molecule has 2 aromatic carbocycles. The highest BCUT2D eigenvalue weighted by atomic mass is 19.1. The molecule has 3 rings (SSSR count). The Labute approximate surface area is 170 Å². The molecule has 0 fully saturated rings. The Bertz CT molecular complexity index is 903. The van der Waals surface area contributed by atoms with E-state index in [0.717, 1.165) is 16.2 Å². The molecule has 7 heteroatoms. The molecule has 0 saturated carbocycles. The number of anilines is 1. The van der Waals surface area contributed by atoms with Crippen molar-refractivity contribution in [2.75, 3.05) is 32.3 Å². The minimum atomic E-state index is -0.802. The van der Waals surface area contributed by atoms with E-state index in [-0.39, 0.29) is 18.9 Å². The molecule has 0 aromatic heterocycles. The standard InChI is InChI=1S/C22H26FN3O3/c1-16-10-11-18(23)19(14-16)26-15-22(12-7-13-27,17-8-5-4-6-9-17)20(24-26)21(28)25(2)29-3/h4-6,8-11,14,27H,7,12-13,15H2,1-3H3. The van der Waals surface area contributed by atoms with Crippen molar-refractivity contribution in [2.45, 2.75) is 25.2 Å². The summed E-state index contributed by atoms with van der Waals surface area (Å²) in [5, 5.41) is 16.7. The number of carbonyl (C=O) groups excluding carboxylic acids is 1. The lowest BCUT2D eigenvalue weighted by Crippen LogP contribution is -2.46. The predicted octanol–water partition coefficient (Wildman–Crippen LogP) is 3.04. The van der Waals surface area contributed by atoms with Crippen LogP contribution in [0.15, 0.2) is 53.6 Å². The van der Waals surface area contributed by atoms with Gasteiger partial charge in [-0.1, -0.05) is 36.4 Å². The number of benzene rings is 2. The van der Waals surface area contributed by atoms with E-state index in [9.17, 15) is 14.3 Å². The highest BCUT2D eigenvalue weighted by Crippen LogP contribution is 2.40. The molecule has 0 aliphatic carbocycles. The van der Waals surface area contributed by atoms with Crippen molar-refractivity contribution in [3.63, 3.8) is 0 Å². The number of rotatable bonds is 7. The zero-order valence-electron chi connectivity index (χ0n) is 16.9. The van der Waals surface area contributed by atoms with Crippen LogP contribution in [0.2, 0.25) is 0 Å². The molecule has 1 heterocycles. The average molecular weight is 399 g/mol. The van der Waals surface area contributed by atoms with Crippen LogP contribution in [-0.4, -0.2) is 49.1 Å². The molecule has 1 aliphatic heterocycles. The van der Waals surface area contributed by atoms with Gasteiger partial charge in [0.2, 0.25) is 0 Å². The number of carbonyl (C=O) groups is 1. The van der Waals surface area contributed by atoms with E-state index in [1.165, 1.54) is 20.2 Å². The van der Waals surface area contributed by atoms with Gasteiger partial charge in [-0.25, -0.2) is 9.45 Å². The van der Waals surface area contributed by atoms with Gasteiger partial charge < -0.3 is 5.11 Å². The summed E-state index contributed by atoms with van der Waals surface area (Å²) < 4.78 is 14.6. The Kier molecular flexibility index (Phi) is 6.30. The van der Waals surface area contributed by atoms with Crippen molar-refractivity contribution in [1.82, 2.24) is 5.06 Å². The van der Waals surface area contributed by atoms with Crippen LogP contribution >= 0.6 is 0 Å². The second-order valence-corrected chi connectivity index (χ2v) is 7.22. The van der Waals surface area contributed by atoms with Crippen LogP contribution in [0.4, 0.5) is 10.1 Å². The Morgan fingerprint density at radius 2 is 2.03 bits per heavy atom. The summed E-state index contributed by atoms with van der Waals surface area (Å²) >= 11 is 0. The van der Waals surface area contributed by atoms with Gasteiger partial charge in [-0.05, 0) is 43.0 Å². The van der Waals surface area contributed by atoms with Crippen molar-refractivity contribution in [3.8, 4) is 0 Å². The number of halogens is 1. The number of amides is 1. The van der Waals surface area contributed by atoms with Gasteiger partial charge in [0.15, 0.2) is 0 Å². The molecular formula is C22H26FN3O3. The van der Waals surface area contributed by atoms with Gasteiger partial charge in [-0.2, -0.15) is 5.10 Å². The van der Waals surface area contributed by atoms with Crippen LogP contribution in [0.5, 0.6) is 0 Å². The van der Waals surface area contributed by atoms with Gasteiger partial charge in [0.25, 0.3) is 5.91 Å². The molecular weight excluding hydrogens is 373 g/mol. The van der Waals surface area contributed by atoms with Gasteiger partial charge >= 0.3 is 0 Å². The summed E-state index contributed by atoms with van der Waals surface area (Å²) in [4.78, 5) is 18.2. The summed E-state index contributed by atoms with van der Waals surface area (Å²) in [7, 11) is 2.92. The van der Waals surface area contributed by atoms with Crippen molar-refractivity contribution in [3.05, 3.63) is 65.5 Å². The minimum absolute atomic E-state index is 0.0189. The van der Waals surface area contributed by atoms with E-state index in [0.29, 0.717) is 18.5 Å². The SMILES string of the molecule is CON(C)C(=O)C1=NN(c2cc(C)ccc2F)CC1(CCCO)c1ccccc1. The van der Waals surface area contributed by atoms with Crippen LogP contribution in [-0.2, 0) is 15.0 Å². The van der Waals surface area contributed by atoms with Crippen LogP contribution in [0.1, 0.15) is 24.0 Å². The predicted molar refractivity (Wildman–Crippen MR) is 110 cm³/mol. The maximum Gasteiger partial charge on any atom is 0.294 e. The first-order valence-corrected chi connectivity index (χ1v) is 9.54. The summed E-state index contributed by atoms with van der Waals surface area (Å²) in [6, 6.07) is 14.4. The maximum absolute atomic E-state index is 14.6. The van der Waals surface area contributed by atoms with Gasteiger partial charge in [-0.15, -0.1) is 0 Å². The van der Waals surface area contributed by atoms with Crippen LogP contribution < -0.4 is 5.01 Å². The normalized spacial score (nSPS) is 18.7. The van der Waals surface area contributed by atoms with E-state index in [4.69, 9.17) is 4.84 Å². The number of nitrogens with zero attached hydrogens (tertiary/aromatic N) is 3. The fraction of sp³-hybridized carbons (Fsp3) is 0.364. The van der Waals surface area contributed by atoms with E-state index in [1.54, 1.807) is 17.1 Å². The monoisotopic (exact) mass is 399 g/mol. The highest BCUT2D eigenvalue weighted by Gasteiger charge is 2.48. The lowest BCUT2D eigenvalue weighted by molar-refractivity contribution is -0.160. The summed E-state index contributed by atoms with van der Waals surface area (Å²) in [5.74, 6) is -0.804. The van der Waals surface area contributed by atoms with E-state index in [1.807, 2.05) is 37.3 Å². The molecule has 1 atom stereocenters.